The van der Waals surface area contributed by atoms with Crippen molar-refractivity contribution in [2.24, 2.45) is 0 Å². The first kappa shape index (κ1) is 11.5. The van der Waals surface area contributed by atoms with Crippen molar-refractivity contribution in [3.8, 4) is 0 Å². The molecule has 3 fully saturated rings. The Morgan fingerprint density at radius 3 is 1.50 bits per heavy atom. The minimum Gasteiger partial charge on any atom is -0.178 e. The molecular weight excluding hydrogens is 178 g/mol. The largest absolute Gasteiger partial charge is 1.00 e. The molecule has 0 aromatic rings. The molecule has 0 aliphatic carbocycles. The molecule has 0 saturated carbocycles. The van der Waals surface area contributed by atoms with Crippen molar-refractivity contribution < 1.29 is 29.6 Å². The third-order valence-electron chi connectivity index (χ3n) is 5.91. The SMILES string of the molecule is C1CC2CCCC(C1)[B-]21CCCC1.[Na+]. The van der Waals surface area contributed by atoms with E-state index in [9.17, 15) is 0 Å². The quantitative estimate of drug-likeness (QED) is 0.517. The Hall–Kier alpha value is 1.06. The fraction of sp³-hybridized carbons (Fsp3) is 1.00. The maximum Gasteiger partial charge on any atom is 1.00 e. The van der Waals surface area contributed by atoms with Crippen LogP contribution in [0.5, 0.6) is 0 Å². The second kappa shape index (κ2) is 4.51. The van der Waals surface area contributed by atoms with E-state index in [2.05, 4.69) is 0 Å². The Labute approximate surface area is 111 Å². The zero-order valence-electron chi connectivity index (χ0n) is 9.80. The zero-order chi connectivity index (χ0) is 8.73. The second-order valence-electron chi connectivity index (χ2n) is 6.09. The fourth-order valence-electron chi connectivity index (χ4n) is 5.42. The Morgan fingerprint density at radius 1 is 0.643 bits per heavy atom. The Balaban J connectivity index is 0.000000750. The summed E-state index contributed by atoms with van der Waals surface area (Å²) in [6.45, 7) is 0. The second-order valence-corrected chi connectivity index (χ2v) is 6.09. The minimum absolute atomic E-state index is 0. The van der Waals surface area contributed by atoms with Gasteiger partial charge in [0, 0.05) is 6.15 Å². The van der Waals surface area contributed by atoms with E-state index < -0.39 is 0 Å². The molecule has 0 unspecified atom stereocenters. The summed E-state index contributed by atoms with van der Waals surface area (Å²) in [4.78, 5) is 0. The van der Waals surface area contributed by atoms with Crippen molar-refractivity contribution >= 4 is 6.15 Å². The third-order valence-corrected chi connectivity index (χ3v) is 5.91. The summed E-state index contributed by atoms with van der Waals surface area (Å²) in [5, 5.41) is 0. The summed E-state index contributed by atoms with van der Waals surface area (Å²) >= 11 is 0. The fourth-order valence-corrected chi connectivity index (χ4v) is 5.42. The molecule has 0 aromatic heterocycles. The van der Waals surface area contributed by atoms with Crippen LogP contribution in [0.4, 0.5) is 0 Å². The predicted molar refractivity (Wildman–Crippen MR) is 59.8 cm³/mol. The Kier molecular flexibility index (Phi) is 3.72. The van der Waals surface area contributed by atoms with E-state index in [1.54, 1.807) is 64.0 Å². The van der Waals surface area contributed by atoms with Crippen molar-refractivity contribution in [1.82, 2.24) is 0 Å². The molecule has 0 radical (unpaired) electrons. The number of hydrogen-bond acceptors (Lipinski definition) is 0. The molecule has 0 atom stereocenters. The van der Waals surface area contributed by atoms with E-state index in [4.69, 9.17) is 0 Å². The minimum atomic E-state index is 0. The number of hydrogen-bond donors (Lipinski definition) is 0. The van der Waals surface area contributed by atoms with Gasteiger partial charge in [0.1, 0.15) is 0 Å². The van der Waals surface area contributed by atoms with Gasteiger partial charge in [0.15, 0.2) is 0 Å². The number of rotatable bonds is 0. The van der Waals surface area contributed by atoms with E-state index >= 15 is 0 Å². The first-order chi connectivity index (χ1) is 6.42. The van der Waals surface area contributed by atoms with Gasteiger partial charge < -0.3 is 0 Å². The van der Waals surface area contributed by atoms with Gasteiger partial charge in [-0.1, -0.05) is 51.4 Å². The van der Waals surface area contributed by atoms with Crippen LogP contribution in [-0.4, -0.2) is 6.15 Å². The van der Waals surface area contributed by atoms with Gasteiger partial charge in [0.2, 0.25) is 0 Å². The van der Waals surface area contributed by atoms with Crippen molar-refractivity contribution in [3.05, 3.63) is 0 Å². The van der Waals surface area contributed by atoms with Gasteiger partial charge in [-0.25, -0.2) is 0 Å². The van der Waals surface area contributed by atoms with E-state index in [0.717, 1.165) is 0 Å². The van der Waals surface area contributed by atoms with E-state index in [-0.39, 0.29) is 35.7 Å². The third kappa shape index (κ3) is 1.64. The average Bonchev–Trinajstić information content (AvgIpc) is 2.53. The molecular formula is C12H22BNa. The zero-order valence-corrected chi connectivity index (χ0v) is 11.8. The van der Waals surface area contributed by atoms with Crippen LogP contribution in [0.25, 0.3) is 0 Å². The van der Waals surface area contributed by atoms with Gasteiger partial charge in [-0.05, 0) is 0 Å². The molecule has 3 aliphatic heterocycles. The normalized spacial score (nSPS) is 39.4. The van der Waals surface area contributed by atoms with Crippen molar-refractivity contribution in [1.29, 1.82) is 0 Å². The van der Waals surface area contributed by atoms with Crippen molar-refractivity contribution in [3.63, 3.8) is 0 Å². The molecule has 3 saturated heterocycles. The molecule has 3 aliphatic rings. The summed E-state index contributed by atoms with van der Waals surface area (Å²) in [5.41, 5.74) is 0. The molecule has 2 heteroatoms. The van der Waals surface area contributed by atoms with Gasteiger partial charge >= 0.3 is 29.6 Å². The molecule has 0 N–H and O–H groups in total. The monoisotopic (exact) mass is 200 g/mol. The van der Waals surface area contributed by atoms with Gasteiger partial charge in [0.05, 0.1) is 0 Å². The van der Waals surface area contributed by atoms with Crippen molar-refractivity contribution in [2.45, 2.75) is 75.6 Å². The van der Waals surface area contributed by atoms with E-state index in [1.165, 1.54) is 11.6 Å². The van der Waals surface area contributed by atoms with Crippen LogP contribution < -0.4 is 29.6 Å². The summed E-state index contributed by atoms with van der Waals surface area (Å²) in [7, 11) is 0. The van der Waals surface area contributed by atoms with Crippen LogP contribution in [0.3, 0.4) is 0 Å². The topological polar surface area (TPSA) is 0 Å². The summed E-state index contributed by atoms with van der Waals surface area (Å²) < 4.78 is 0. The van der Waals surface area contributed by atoms with Crippen LogP contribution in [0.2, 0.25) is 24.3 Å². The van der Waals surface area contributed by atoms with Gasteiger partial charge in [-0.3, -0.25) is 0 Å². The van der Waals surface area contributed by atoms with Gasteiger partial charge in [-0.15, -0.1) is 0 Å². The molecule has 3 heterocycles. The van der Waals surface area contributed by atoms with Crippen LogP contribution in [-0.2, 0) is 0 Å². The molecule has 3 rings (SSSR count). The van der Waals surface area contributed by atoms with Crippen LogP contribution in [0.1, 0.15) is 51.4 Å². The Bertz CT molecular complexity index is 174. The first-order valence-electron chi connectivity index (χ1n) is 6.62. The van der Waals surface area contributed by atoms with Crippen LogP contribution in [0, 0.1) is 0 Å². The molecule has 14 heavy (non-hydrogen) atoms. The molecule has 1 spiro atoms. The summed E-state index contributed by atoms with van der Waals surface area (Å²) in [6.07, 6.45) is 16.2. The predicted octanol–water partition coefficient (Wildman–Crippen LogP) is 1.34. The Morgan fingerprint density at radius 2 is 1.07 bits per heavy atom. The maximum atomic E-state index is 1.66. The maximum absolute atomic E-state index is 1.66. The standard InChI is InChI=1S/C12H22B.Na/c1-2-10-13(9-1)11-5-3-6-12(13)8-4-7-11;/h11-12H,1-10H2;/q-1;+1. The van der Waals surface area contributed by atoms with Gasteiger partial charge in [0.25, 0.3) is 0 Å². The summed E-state index contributed by atoms with van der Waals surface area (Å²) in [5.74, 6) is 2.44. The van der Waals surface area contributed by atoms with E-state index in [0.29, 0.717) is 0 Å². The summed E-state index contributed by atoms with van der Waals surface area (Å²) in [6, 6.07) is 0. The molecule has 74 valence electrons. The first-order valence-corrected chi connectivity index (χ1v) is 6.62. The van der Waals surface area contributed by atoms with E-state index in [1.807, 2.05) is 0 Å². The van der Waals surface area contributed by atoms with Crippen LogP contribution in [0.15, 0.2) is 0 Å². The molecule has 0 amide bonds. The molecule has 0 aromatic carbocycles. The van der Waals surface area contributed by atoms with Crippen LogP contribution >= 0.6 is 0 Å². The van der Waals surface area contributed by atoms with Gasteiger partial charge in [-0.2, -0.15) is 24.3 Å². The molecule has 2 bridgehead atoms. The molecule has 0 nitrogen and oxygen atoms in total. The smallest absolute Gasteiger partial charge is 0.178 e. The van der Waals surface area contributed by atoms with Crippen molar-refractivity contribution in [2.75, 3.05) is 0 Å². The average molecular weight is 200 g/mol.